The lowest BCUT2D eigenvalue weighted by Gasteiger charge is -2.21. The topological polar surface area (TPSA) is 83.7 Å². The Balaban J connectivity index is 2.31. The molecule has 0 heterocycles. The van der Waals surface area contributed by atoms with Crippen LogP contribution in [-0.4, -0.2) is 29.6 Å². The predicted molar refractivity (Wildman–Crippen MR) is 119 cm³/mol. The van der Waals surface area contributed by atoms with Crippen molar-refractivity contribution >= 4 is 17.3 Å². The number of aryl methyl sites for hydroxylation is 1. The summed E-state index contributed by atoms with van der Waals surface area (Å²) in [5.74, 6) is -1.13. The molecule has 1 N–H and O–H groups in total. The van der Waals surface area contributed by atoms with E-state index in [1.54, 1.807) is 13.0 Å². The molecule has 164 valence electrons. The number of benzene rings is 1. The Bertz CT molecular complexity index is 646. The molecule has 0 aliphatic rings. The quantitative estimate of drug-likeness (QED) is 0.187. The molecule has 0 saturated heterocycles. The monoisotopic (exact) mass is 406 g/mol. The second kappa shape index (κ2) is 14.0. The number of carbonyl (C=O) groups is 1. The summed E-state index contributed by atoms with van der Waals surface area (Å²) >= 11 is 0. The summed E-state index contributed by atoms with van der Waals surface area (Å²) in [6, 6.07) is 2.79. The molecule has 0 atom stereocenters. The van der Waals surface area contributed by atoms with Crippen molar-refractivity contribution in [3.8, 4) is 0 Å². The van der Waals surface area contributed by atoms with Crippen LogP contribution in [0.25, 0.3) is 0 Å². The van der Waals surface area contributed by atoms with E-state index < -0.39 is 10.9 Å². The fraction of sp³-hybridized carbons (Fsp3) is 0.696. The molecular formula is C23H38N2O4. The van der Waals surface area contributed by atoms with Crippen molar-refractivity contribution in [2.75, 3.05) is 18.5 Å². The van der Waals surface area contributed by atoms with Gasteiger partial charge in [-0.15, -0.1) is 0 Å². The molecule has 6 heteroatoms. The van der Waals surface area contributed by atoms with Crippen LogP contribution in [0.15, 0.2) is 12.1 Å². The van der Waals surface area contributed by atoms with Crippen LogP contribution in [0.4, 0.5) is 11.4 Å². The van der Waals surface area contributed by atoms with E-state index in [1.165, 1.54) is 70.3 Å². The van der Waals surface area contributed by atoms with Crippen LogP contribution in [0.5, 0.6) is 0 Å². The SMILES string of the molecule is CCCCCCCCCCCCCCN(C)c1cc(C)c([N+](=O)[O-])cc1C(=O)O. The third kappa shape index (κ3) is 9.29. The molecule has 0 unspecified atom stereocenters. The smallest absolute Gasteiger partial charge is 0.338 e. The number of hydrogen-bond donors (Lipinski definition) is 1. The minimum atomic E-state index is -1.13. The normalized spacial score (nSPS) is 10.9. The zero-order valence-corrected chi connectivity index (χ0v) is 18.4. The van der Waals surface area contributed by atoms with Crippen LogP contribution in [0, 0.1) is 17.0 Å². The number of aromatic carboxylic acids is 1. The zero-order valence-electron chi connectivity index (χ0n) is 18.4. The lowest BCUT2D eigenvalue weighted by Crippen LogP contribution is -2.21. The molecule has 0 aliphatic carbocycles. The number of nitro benzene ring substituents is 1. The number of rotatable bonds is 16. The Morgan fingerprint density at radius 1 is 0.966 bits per heavy atom. The van der Waals surface area contributed by atoms with Gasteiger partial charge >= 0.3 is 5.97 Å². The molecule has 0 bridgehead atoms. The van der Waals surface area contributed by atoms with Gasteiger partial charge in [0.25, 0.3) is 5.69 Å². The highest BCUT2D eigenvalue weighted by Gasteiger charge is 2.21. The van der Waals surface area contributed by atoms with Gasteiger partial charge in [-0.1, -0.05) is 77.6 Å². The standard InChI is InChI=1S/C23H38N2O4/c1-4-5-6-7-8-9-10-11-12-13-14-15-16-24(3)22-17-19(2)21(25(28)29)18-20(22)23(26)27/h17-18H,4-16H2,1-3H3,(H,26,27). The first kappa shape index (κ1) is 24.9. The Labute approximate surface area is 175 Å². The highest BCUT2D eigenvalue weighted by Crippen LogP contribution is 2.29. The Morgan fingerprint density at radius 3 is 1.90 bits per heavy atom. The largest absolute Gasteiger partial charge is 0.478 e. The second-order valence-electron chi connectivity index (χ2n) is 8.03. The summed E-state index contributed by atoms with van der Waals surface area (Å²) in [4.78, 5) is 24.0. The lowest BCUT2D eigenvalue weighted by atomic mass is 10.0. The maximum Gasteiger partial charge on any atom is 0.338 e. The number of carboxylic acids is 1. The van der Waals surface area contributed by atoms with Gasteiger partial charge in [0.05, 0.1) is 16.2 Å². The van der Waals surface area contributed by atoms with Crippen LogP contribution < -0.4 is 4.90 Å². The fourth-order valence-electron chi connectivity index (χ4n) is 3.68. The summed E-state index contributed by atoms with van der Waals surface area (Å²) in [6.07, 6.45) is 15.3. The van der Waals surface area contributed by atoms with Gasteiger partial charge in [-0.05, 0) is 19.4 Å². The van der Waals surface area contributed by atoms with E-state index >= 15 is 0 Å². The molecule has 0 amide bonds. The van der Waals surface area contributed by atoms with Gasteiger partial charge in [0, 0.05) is 25.2 Å². The molecule has 1 rings (SSSR count). The summed E-state index contributed by atoms with van der Waals surface area (Å²) in [6.45, 7) is 4.63. The molecule has 0 aromatic heterocycles. The van der Waals surface area contributed by atoms with Gasteiger partial charge in [0.15, 0.2) is 0 Å². The summed E-state index contributed by atoms with van der Waals surface area (Å²) in [7, 11) is 1.85. The van der Waals surface area contributed by atoms with Gasteiger partial charge in [-0.25, -0.2) is 4.79 Å². The van der Waals surface area contributed by atoms with Crippen LogP contribution in [0.2, 0.25) is 0 Å². The average Bonchev–Trinajstić information content (AvgIpc) is 2.67. The van der Waals surface area contributed by atoms with E-state index in [0.29, 0.717) is 11.3 Å². The molecule has 1 aromatic rings. The first-order valence-electron chi connectivity index (χ1n) is 11.1. The van der Waals surface area contributed by atoms with E-state index in [1.807, 2.05) is 11.9 Å². The van der Waals surface area contributed by atoms with Crippen molar-refractivity contribution in [3.05, 3.63) is 33.4 Å². The van der Waals surface area contributed by atoms with Crippen LogP contribution in [-0.2, 0) is 0 Å². The van der Waals surface area contributed by atoms with Gasteiger partial charge < -0.3 is 10.0 Å². The lowest BCUT2D eigenvalue weighted by molar-refractivity contribution is -0.385. The maximum absolute atomic E-state index is 11.5. The number of nitro groups is 1. The molecule has 0 radical (unpaired) electrons. The summed E-state index contributed by atoms with van der Waals surface area (Å²) < 4.78 is 0. The molecular weight excluding hydrogens is 368 g/mol. The van der Waals surface area contributed by atoms with Crippen molar-refractivity contribution < 1.29 is 14.8 Å². The van der Waals surface area contributed by atoms with Crippen LogP contribution in [0.3, 0.4) is 0 Å². The van der Waals surface area contributed by atoms with E-state index in [0.717, 1.165) is 19.4 Å². The van der Waals surface area contributed by atoms with Gasteiger partial charge in [0.2, 0.25) is 0 Å². The second-order valence-corrected chi connectivity index (χ2v) is 8.03. The van der Waals surface area contributed by atoms with Crippen LogP contribution in [0.1, 0.15) is 99.9 Å². The first-order chi connectivity index (χ1) is 13.9. The number of unbranched alkanes of at least 4 members (excludes halogenated alkanes) is 11. The van der Waals surface area contributed by atoms with Gasteiger partial charge in [-0.3, -0.25) is 10.1 Å². The highest BCUT2D eigenvalue weighted by molar-refractivity contribution is 5.95. The number of hydrogen-bond acceptors (Lipinski definition) is 4. The highest BCUT2D eigenvalue weighted by atomic mass is 16.6. The average molecular weight is 407 g/mol. The third-order valence-corrected chi connectivity index (χ3v) is 5.50. The molecule has 0 fully saturated rings. The number of carboxylic acid groups (broad SMARTS) is 1. The van der Waals surface area contributed by atoms with E-state index in [2.05, 4.69) is 6.92 Å². The summed E-state index contributed by atoms with van der Waals surface area (Å²) in [5.41, 5.74) is 0.869. The molecule has 1 aromatic carbocycles. The summed E-state index contributed by atoms with van der Waals surface area (Å²) in [5, 5.41) is 20.5. The minimum Gasteiger partial charge on any atom is -0.478 e. The van der Waals surface area contributed by atoms with E-state index in [9.17, 15) is 20.0 Å². The zero-order chi connectivity index (χ0) is 21.6. The number of anilines is 1. The molecule has 6 nitrogen and oxygen atoms in total. The molecule has 0 spiro atoms. The van der Waals surface area contributed by atoms with Crippen molar-refractivity contribution in [1.82, 2.24) is 0 Å². The first-order valence-corrected chi connectivity index (χ1v) is 11.1. The van der Waals surface area contributed by atoms with Crippen molar-refractivity contribution in [1.29, 1.82) is 0 Å². The van der Waals surface area contributed by atoms with Crippen molar-refractivity contribution in [2.24, 2.45) is 0 Å². The Hall–Kier alpha value is -2.11. The Morgan fingerprint density at radius 2 is 1.45 bits per heavy atom. The van der Waals surface area contributed by atoms with Crippen LogP contribution >= 0.6 is 0 Å². The Kier molecular flexibility index (Phi) is 12.0. The van der Waals surface area contributed by atoms with Gasteiger partial charge in [0.1, 0.15) is 0 Å². The van der Waals surface area contributed by atoms with Crippen molar-refractivity contribution in [2.45, 2.75) is 90.9 Å². The minimum absolute atomic E-state index is 0.0104. The fourth-order valence-corrected chi connectivity index (χ4v) is 3.68. The number of nitrogens with zero attached hydrogens (tertiary/aromatic N) is 2. The predicted octanol–water partition coefficient (Wildman–Crippen LogP) is 6.74. The maximum atomic E-state index is 11.5. The molecule has 29 heavy (non-hydrogen) atoms. The van der Waals surface area contributed by atoms with Crippen molar-refractivity contribution in [3.63, 3.8) is 0 Å². The molecule has 0 saturated carbocycles. The van der Waals surface area contributed by atoms with E-state index in [-0.39, 0.29) is 11.3 Å². The third-order valence-electron chi connectivity index (χ3n) is 5.50. The van der Waals surface area contributed by atoms with Gasteiger partial charge in [-0.2, -0.15) is 0 Å². The molecule has 0 aliphatic heterocycles. The van der Waals surface area contributed by atoms with E-state index in [4.69, 9.17) is 0 Å².